The third kappa shape index (κ3) is 3.73. The first-order chi connectivity index (χ1) is 9.19. The largest absolute Gasteiger partial charge is 0.478 e. The van der Waals surface area contributed by atoms with Crippen molar-refractivity contribution in [2.75, 3.05) is 13.2 Å². The van der Waals surface area contributed by atoms with Gasteiger partial charge in [-0.25, -0.2) is 22.3 Å². The van der Waals surface area contributed by atoms with E-state index in [2.05, 4.69) is 0 Å². The van der Waals surface area contributed by atoms with Gasteiger partial charge in [0.1, 0.15) is 5.82 Å². The van der Waals surface area contributed by atoms with Crippen molar-refractivity contribution in [2.24, 2.45) is 0 Å². The number of aliphatic hydroxyl groups excluding tert-OH is 2. The Morgan fingerprint density at radius 1 is 1.45 bits per heavy atom. The van der Waals surface area contributed by atoms with Crippen LogP contribution in [0.25, 0.3) is 0 Å². The van der Waals surface area contributed by atoms with E-state index in [1.807, 2.05) is 4.72 Å². The molecule has 0 aliphatic rings. The van der Waals surface area contributed by atoms with Crippen LogP contribution in [0, 0.1) is 12.7 Å². The molecule has 7 nitrogen and oxygen atoms in total. The summed E-state index contributed by atoms with van der Waals surface area (Å²) in [4.78, 5) is 10.3. The zero-order valence-corrected chi connectivity index (χ0v) is 11.3. The minimum atomic E-state index is -4.20. The van der Waals surface area contributed by atoms with E-state index in [0.717, 1.165) is 12.1 Å². The van der Waals surface area contributed by atoms with Gasteiger partial charge in [0.15, 0.2) is 0 Å². The molecule has 0 amide bonds. The molecule has 0 heterocycles. The molecule has 1 aromatic carbocycles. The minimum Gasteiger partial charge on any atom is -0.478 e. The van der Waals surface area contributed by atoms with Gasteiger partial charge in [0, 0.05) is 12.1 Å². The van der Waals surface area contributed by atoms with Gasteiger partial charge in [0.05, 0.1) is 23.2 Å². The summed E-state index contributed by atoms with van der Waals surface area (Å²) < 4.78 is 39.4. The van der Waals surface area contributed by atoms with E-state index in [-0.39, 0.29) is 5.56 Å². The van der Waals surface area contributed by atoms with Crippen LogP contribution >= 0.6 is 0 Å². The Kier molecular flexibility index (Phi) is 5.17. The first-order valence-electron chi connectivity index (χ1n) is 5.51. The van der Waals surface area contributed by atoms with Crippen molar-refractivity contribution in [1.29, 1.82) is 0 Å². The molecule has 0 saturated heterocycles. The number of carbonyl (C=O) groups is 1. The summed E-state index contributed by atoms with van der Waals surface area (Å²) >= 11 is 0. The maximum Gasteiger partial charge on any atom is 0.335 e. The van der Waals surface area contributed by atoms with E-state index in [0.29, 0.717) is 0 Å². The zero-order valence-electron chi connectivity index (χ0n) is 10.5. The van der Waals surface area contributed by atoms with Crippen molar-refractivity contribution in [1.82, 2.24) is 4.72 Å². The van der Waals surface area contributed by atoms with Crippen LogP contribution in [0.1, 0.15) is 15.9 Å². The maximum atomic E-state index is 13.6. The number of carboxylic acids is 1. The third-order valence-electron chi connectivity index (χ3n) is 2.55. The van der Waals surface area contributed by atoms with Gasteiger partial charge in [-0.15, -0.1) is 0 Å². The number of aliphatic hydroxyl groups is 2. The summed E-state index contributed by atoms with van der Waals surface area (Å²) in [5, 5.41) is 26.5. The van der Waals surface area contributed by atoms with Crippen LogP contribution in [-0.2, 0) is 10.0 Å². The Bertz CT molecular complexity index is 616. The topological polar surface area (TPSA) is 124 Å². The molecule has 0 spiro atoms. The highest BCUT2D eigenvalue weighted by molar-refractivity contribution is 7.89. The lowest BCUT2D eigenvalue weighted by atomic mass is 10.1. The monoisotopic (exact) mass is 307 g/mol. The number of halogens is 1. The fraction of sp³-hybridized carbons (Fsp3) is 0.364. The van der Waals surface area contributed by atoms with Gasteiger partial charge < -0.3 is 15.3 Å². The maximum absolute atomic E-state index is 13.6. The second-order valence-corrected chi connectivity index (χ2v) is 5.81. The van der Waals surface area contributed by atoms with Gasteiger partial charge in [0.2, 0.25) is 10.0 Å². The number of sulfonamides is 1. The number of hydrogen-bond acceptors (Lipinski definition) is 5. The van der Waals surface area contributed by atoms with Crippen molar-refractivity contribution >= 4 is 16.0 Å². The molecule has 1 aromatic rings. The number of benzene rings is 1. The van der Waals surface area contributed by atoms with Crippen LogP contribution in [0.3, 0.4) is 0 Å². The molecular weight excluding hydrogens is 293 g/mol. The average molecular weight is 307 g/mol. The summed E-state index contributed by atoms with van der Waals surface area (Å²) in [5.74, 6) is -2.43. The highest BCUT2D eigenvalue weighted by Gasteiger charge is 2.22. The molecule has 1 rings (SSSR count). The van der Waals surface area contributed by atoms with Crippen LogP contribution in [-0.4, -0.2) is 49.0 Å². The number of hydrogen-bond donors (Lipinski definition) is 4. The lowest BCUT2D eigenvalue weighted by Gasteiger charge is -2.12. The third-order valence-corrected chi connectivity index (χ3v) is 4.10. The highest BCUT2D eigenvalue weighted by Crippen LogP contribution is 2.20. The van der Waals surface area contributed by atoms with Crippen molar-refractivity contribution in [2.45, 2.75) is 17.9 Å². The molecule has 0 aliphatic carbocycles. The molecule has 1 atom stereocenters. The quantitative estimate of drug-likeness (QED) is 0.560. The standard InChI is InChI=1S/C11H14FNO6S/c1-6-9(12)2-7(11(16)17)3-10(6)20(18,19)13-4-8(15)5-14/h2-3,8,13-15H,4-5H2,1H3,(H,16,17). The number of rotatable bonds is 6. The second kappa shape index (κ2) is 6.27. The van der Waals surface area contributed by atoms with Crippen LogP contribution in [0.5, 0.6) is 0 Å². The van der Waals surface area contributed by atoms with E-state index in [4.69, 9.17) is 15.3 Å². The molecule has 0 aromatic heterocycles. The molecule has 1 unspecified atom stereocenters. The molecule has 4 N–H and O–H groups in total. The molecule has 0 fully saturated rings. The van der Waals surface area contributed by atoms with Gasteiger partial charge in [0.25, 0.3) is 0 Å². The molecule has 0 radical (unpaired) electrons. The van der Waals surface area contributed by atoms with Crippen molar-refractivity contribution in [3.05, 3.63) is 29.1 Å². The van der Waals surface area contributed by atoms with Crippen LogP contribution in [0.4, 0.5) is 4.39 Å². The molecule has 0 saturated carbocycles. The predicted molar refractivity (Wildman–Crippen MR) is 66.4 cm³/mol. The van der Waals surface area contributed by atoms with E-state index in [1.54, 1.807) is 0 Å². The van der Waals surface area contributed by atoms with Gasteiger partial charge in [-0.3, -0.25) is 0 Å². The molecule has 112 valence electrons. The first-order valence-corrected chi connectivity index (χ1v) is 6.99. The Morgan fingerprint density at radius 3 is 2.55 bits per heavy atom. The smallest absolute Gasteiger partial charge is 0.335 e. The van der Waals surface area contributed by atoms with E-state index in [1.165, 1.54) is 6.92 Å². The normalized spacial score (nSPS) is 13.2. The summed E-state index contributed by atoms with van der Waals surface area (Å²) in [6.07, 6.45) is -1.31. The van der Waals surface area contributed by atoms with Crippen LogP contribution in [0.15, 0.2) is 17.0 Å². The van der Waals surface area contributed by atoms with Gasteiger partial charge in [-0.1, -0.05) is 0 Å². The average Bonchev–Trinajstić information content (AvgIpc) is 2.38. The van der Waals surface area contributed by atoms with Crippen molar-refractivity contribution < 1.29 is 32.9 Å². The Hall–Kier alpha value is -1.55. The molecular formula is C11H14FNO6S. The fourth-order valence-electron chi connectivity index (χ4n) is 1.40. The molecule has 0 bridgehead atoms. The lowest BCUT2D eigenvalue weighted by molar-refractivity contribution is 0.0696. The van der Waals surface area contributed by atoms with Crippen molar-refractivity contribution in [3.8, 4) is 0 Å². The molecule has 0 aliphatic heterocycles. The second-order valence-electron chi connectivity index (χ2n) is 4.07. The Labute approximate surface area is 114 Å². The summed E-state index contributed by atoms with van der Waals surface area (Å²) in [5.41, 5.74) is -0.739. The molecule has 20 heavy (non-hydrogen) atoms. The minimum absolute atomic E-state index is 0.235. The van der Waals surface area contributed by atoms with Gasteiger partial charge in [-0.2, -0.15) is 0 Å². The predicted octanol–water partition coefficient (Wildman–Crippen LogP) is -0.536. The summed E-state index contributed by atoms with van der Waals surface area (Å²) in [6, 6.07) is 1.55. The van der Waals surface area contributed by atoms with Crippen molar-refractivity contribution in [3.63, 3.8) is 0 Å². The molecule has 9 heteroatoms. The SMILES string of the molecule is Cc1c(F)cc(C(=O)O)cc1S(=O)(=O)NCC(O)CO. The first kappa shape index (κ1) is 16.5. The number of carboxylic acid groups (broad SMARTS) is 1. The van der Waals surface area contributed by atoms with E-state index in [9.17, 15) is 17.6 Å². The fourth-order valence-corrected chi connectivity index (χ4v) is 2.75. The highest BCUT2D eigenvalue weighted by atomic mass is 32.2. The van der Waals surface area contributed by atoms with Crippen LogP contribution < -0.4 is 4.72 Å². The number of aromatic carboxylic acids is 1. The summed E-state index contributed by atoms with van der Waals surface area (Å²) in [7, 11) is -4.20. The Balaban J connectivity index is 3.20. The summed E-state index contributed by atoms with van der Waals surface area (Å²) in [6.45, 7) is 0.0697. The van der Waals surface area contributed by atoms with E-state index >= 15 is 0 Å². The van der Waals surface area contributed by atoms with Gasteiger partial charge >= 0.3 is 5.97 Å². The van der Waals surface area contributed by atoms with E-state index < -0.39 is 51.5 Å². The number of nitrogens with one attached hydrogen (secondary N) is 1. The Morgan fingerprint density at radius 2 is 2.05 bits per heavy atom. The van der Waals surface area contributed by atoms with Crippen LogP contribution in [0.2, 0.25) is 0 Å². The van der Waals surface area contributed by atoms with Gasteiger partial charge in [-0.05, 0) is 19.1 Å². The zero-order chi connectivity index (χ0) is 15.5. The lowest BCUT2D eigenvalue weighted by Crippen LogP contribution is -2.34.